The van der Waals surface area contributed by atoms with E-state index in [-0.39, 0.29) is 30.4 Å². The molecule has 1 aromatic heterocycles. The van der Waals surface area contributed by atoms with E-state index in [1.807, 2.05) is 19.1 Å². The molecule has 3 N–H and O–H groups in total. The van der Waals surface area contributed by atoms with Gasteiger partial charge >= 0.3 is 0 Å². The van der Waals surface area contributed by atoms with Crippen molar-refractivity contribution >= 4 is 18.3 Å². The van der Waals surface area contributed by atoms with Gasteiger partial charge in [-0.3, -0.25) is 4.79 Å². The molecule has 0 radical (unpaired) electrons. The van der Waals surface area contributed by atoms with Crippen molar-refractivity contribution in [1.82, 2.24) is 10.3 Å². The molecule has 18 heavy (non-hydrogen) atoms. The molecule has 1 heterocycles. The average Bonchev–Trinajstić information content (AvgIpc) is 2.32. The highest BCUT2D eigenvalue weighted by Gasteiger charge is 2.23. The van der Waals surface area contributed by atoms with Gasteiger partial charge < -0.3 is 11.1 Å². The molecule has 1 fully saturated rings. The van der Waals surface area contributed by atoms with Gasteiger partial charge in [0, 0.05) is 17.8 Å². The second kappa shape index (κ2) is 6.71. The standard InChI is InChI=1S/C13H19N3O.ClH/c1-9-5-4-8-12(15-9)13(17)16-11-7-3-2-6-10(11)14;/h4-5,8,10-11H,2-3,6-7,14H2,1H3,(H,16,17);1H/t10-,11-;/m1./s1. The van der Waals surface area contributed by atoms with Gasteiger partial charge in [0.05, 0.1) is 0 Å². The molecule has 2 rings (SSSR count). The van der Waals surface area contributed by atoms with Gasteiger partial charge in [-0.15, -0.1) is 12.4 Å². The lowest BCUT2D eigenvalue weighted by atomic mass is 9.91. The molecule has 2 atom stereocenters. The minimum Gasteiger partial charge on any atom is -0.346 e. The average molecular weight is 270 g/mol. The van der Waals surface area contributed by atoms with E-state index < -0.39 is 0 Å². The minimum atomic E-state index is -0.115. The number of amides is 1. The quantitative estimate of drug-likeness (QED) is 0.860. The molecule has 0 aliphatic heterocycles. The van der Waals surface area contributed by atoms with E-state index in [9.17, 15) is 4.79 Å². The lowest BCUT2D eigenvalue weighted by molar-refractivity contribution is 0.0916. The molecule has 1 aliphatic carbocycles. The van der Waals surface area contributed by atoms with Crippen molar-refractivity contribution in [1.29, 1.82) is 0 Å². The summed E-state index contributed by atoms with van der Waals surface area (Å²) in [7, 11) is 0. The number of rotatable bonds is 2. The molecule has 1 saturated carbocycles. The van der Waals surface area contributed by atoms with Gasteiger partial charge in [0.25, 0.3) is 5.91 Å². The summed E-state index contributed by atoms with van der Waals surface area (Å²) in [6.07, 6.45) is 4.26. The first-order chi connectivity index (χ1) is 8.16. The Morgan fingerprint density at radius 3 is 2.78 bits per heavy atom. The molecular weight excluding hydrogens is 250 g/mol. The van der Waals surface area contributed by atoms with Gasteiger partial charge in [0.2, 0.25) is 0 Å². The van der Waals surface area contributed by atoms with E-state index in [4.69, 9.17) is 5.73 Å². The Labute approximate surface area is 114 Å². The first-order valence-corrected chi connectivity index (χ1v) is 6.17. The number of hydrogen-bond donors (Lipinski definition) is 2. The van der Waals surface area contributed by atoms with E-state index in [0.717, 1.165) is 31.4 Å². The molecule has 0 spiro atoms. The van der Waals surface area contributed by atoms with Gasteiger partial charge in [-0.05, 0) is 31.9 Å². The number of nitrogens with one attached hydrogen (secondary N) is 1. The summed E-state index contributed by atoms with van der Waals surface area (Å²) in [5.41, 5.74) is 7.33. The zero-order chi connectivity index (χ0) is 12.3. The number of halogens is 1. The number of aryl methyl sites for hydroxylation is 1. The van der Waals surface area contributed by atoms with Crippen molar-refractivity contribution in [3.63, 3.8) is 0 Å². The number of nitrogens with two attached hydrogens (primary N) is 1. The fraction of sp³-hybridized carbons (Fsp3) is 0.538. The zero-order valence-electron chi connectivity index (χ0n) is 10.6. The van der Waals surface area contributed by atoms with Crippen LogP contribution in [0.4, 0.5) is 0 Å². The van der Waals surface area contributed by atoms with Crippen molar-refractivity contribution in [3.05, 3.63) is 29.6 Å². The second-order valence-electron chi connectivity index (χ2n) is 4.69. The molecule has 1 amide bonds. The van der Waals surface area contributed by atoms with E-state index in [0.29, 0.717) is 5.69 Å². The normalized spacial score (nSPS) is 23.0. The topological polar surface area (TPSA) is 68.0 Å². The molecule has 5 heteroatoms. The Balaban J connectivity index is 0.00000162. The van der Waals surface area contributed by atoms with Crippen molar-refractivity contribution in [3.8, 4) is 0 Å². The lowest BCUT2D eigenvalue weighted by Crippen LogP contribution is -2.49. The number of hydrogen-bond acceptors (Lipinski definition) is 3. The van der Waals surface area contributed by atoms with Crippen LogP contribution in [0.2, 0.25) is 0 Å². The number of aromatic nitrogens is 1. The smallest absolute Gasteiger partial charge is 0.270 e. The van der Waals surface area contributed by atoms with Crippen molar-refractivity contribution in [2.24, 2.45) is 5.73 Å². The van der Waals surface area contributed by atoms with Crippen molar-refractivity contribution < 1.29 is 4.79 Å². The van der Waals surface area contributed by atoms with Gasteiger partial charge in [-0.2, -0.15) is 0 Å². The van der Waals surface area contributed by atoms with Crippen LogP contribution in [0.3, 0.4) is 0 Å². The van der Waals surface area contributed by atoms with Crippen molar-refractivity contribution in [2.45, 2.75) is 44.7 Å². The van der Waals surface area contributed by atoms with Crippen LogP contribution in [0.5, 0.6) is 0 Å². The Kier molecular flexibility index (Phi) is 5.56. The highest BCUT2D eigenvalue weighted by molar-refractivity contribution is 5.92. The third kappa shape index (κ3) is 3.68. The predicted molar refractivity (Wildman–Crippen MR) is 73.9 cm³/mol. The van der Waals surface area contributed by atoms with Crippen LogP contribution in [0.25, 0.3) is 0 Å². The Bertz CT molecular complexity index is 411. The molecule has 0 bridgehead atoms. The first-order valence-electron chi connectivity index (χ1n) is 6.17. The van der Waals surface area contributed by atoms with Gasteiger partial charge in [0.1, 0.15) is 5.69 Å². The summed E-state index contributed by atoms with van der Waals surface area (Å²) in [6, 6.07) is 5.63. The van der Waals surface area contributed by atoms with Crippen LogP contribution in [0.15, 0.2) is 18.2 Å². The molecule has 4 nitrogen and oxygen atoms in total. The fourth-order valence-corrected chi connectivity index (χ4v) is 2.25. The summed E-state index contributed by atoms with van der Waals surface area (Å²) >= 11 is 0. The molecule has 0 saturated heterocycles. The molecule has 0 unspecified atom stereocenters. The fourth-order valence-electron chi connectivity index (χ4n) is 2.25. The zero-order valence-corrected chi connectivity index (χ0v) is 11.4. The lowest BCUT2D eigenvalue weighted by Gasteiger charge is -2.29. The van der Waals surface area contributed by atoms with Gasteiger partial charge in [-0.1, -0.05) is 18.9 Å². The highest BCUT2D eigenvalue weighted by atomic mass is 35.5. The van der Waals surface area contributed by atoms with E-state index in [1.54, 1.807) is 6.07 Å². The number of carbonyl (C=O) groups is 1. The number of nitrogens with zero attached hydrogens (tertiary/aromatic N) is 1. The molecular formula is C13H20ClN3O. The Hall–Kier alpha value is -1.13. The van der Waals surface area contributed by atoms with Crippen LogP contribution in [-0.2, 0) is 0 Å². The van der Waals surface area contributed by atoms with Gasteiger partial charge in [-0.25, -0.2) is 4.98 Å². The third-order valence-electron chi connectivity index (χ3n) is 3.26. The summed E-state index contributed by atoms with van der Waals surface area (Å²) in [5.74, 6) is -0.115. The highest BCUT2D eigenvalue weighted by Crippen LogP contribution is 2.17. The van der Waals surface area contributed by atoms with Crippen LogP contribution in [0, 0.1) is 6.92 Å². The monoisotopic (exact) mass is 269 g/mol. The van der Waals surface area contributed by atoms with Crippen LogP contribution in [-0.4, -0.2) is 23.0 Å². The maximum absolute atomic E-state index is 12.0. The van der Waals surface area contributed by atoms with Crippen LogP contribution in [0.1, 0.15) is 41.9 Å². The second-order valence-corrected chi connectivity index (χ2v) is 4.69. The van der Waals surface area contributed by atoms with Crippen LogP contribution < -0.4 is 11.1 Å². The maximum atomic E-state index is 12.0. The van der Waals surface area contributed by atoms with Crippen molar-refractivity contribution in [2.75, 3.05) is 0 Å². The Morgan fingerprint density at radius 2 is 2.11 bits per heavy atom. The summed E-state index contributed by atoms with van der Waals surface area (Å²) in [4.78, 5) is 16.2. The molecule has 0 aromatic carbocycles. The largest absolute Gasteiger partial charge is 0.346 e. The maximum Gasteiger partial charge on any atom is 0.270 e. The summed E-state index contributed by atoms with van der Waals surface area (Å²) in [6.45, 7) is 1.88. The predicted octanol–water partition coefficient (Wildman–Crippen LogP) is 1.81. The van der Waals surface area contributed by atoms with E-state index in [1.165, 1.54) is 0 Å². The Morgan fingerprint density at radius 1 is 1.39 bits per heavy atom. The van der Waals surface area contributed by atoms with E-state index in [2.05, 4.69) is 10.3 Å². The molecule has 100 valence electrons. The van der Waals surface area contributed by atoms with Crippen LogP contribution >= 0.6 is 12.4 Å². The first kappa shape index (κ1) is 14.9. The number of carbonyl (C=O) groups excluding carboxylic acids is 1. The van der Waals surface area contributed by atoms with Gasteiger partial charge in [0.15, 0.2) is 0 Å². The SMILES string of the molecule is Cc1cccc(C(=O)N[C@@H]2CCCC[C@H]2N)n1.Cl. The minimum absolute atomic E-state index is 0. The van der Waals surface area contributed by atoms with E-state index >= 15 is 0 Å². The number of pyridine rings is 1. The summed E-state index contributed by atoms with van der Waals surface area (Å²) < 4.78 is 0. The molecule has 1 aromatic rings. The molecule has 1 aliphatic rings. The third-order valence-corrected chi connectivity index (χ3v) is 3.26. The summed E-state index contributed by atoms with van der Waals surface area (Å²) in [5, 5.41) is 2.99.